The molecule has 52 valence electrons. The first-order chi connectivity index (χ1) is 4.16. The number of carboxylic acid groups (broad SMARTS) is 1. The molecule has 0 unspecified atom stereocenters. The van der Waals surface area contributed by atoms with Crippen molar-refractivity contribution in [3.63, 3.8) is 0 Å². The van der Waals surface area contributed by atoms with Crippen LogP contribution >= 0.6 is 0 Å². The molecule has 0 aliphatic heterocycles. The van der Waals surface area contributed by atoms with Crippen LogP contribution in [0, 0.1) is 0 Å². The van der Waals surface area contributed by atoms with E-state index in [2.05, 4.69) is 10.7 Å². The molecule has 1 amide bonds. The van der Waals surface area contributed by atoms with Crippen LogP contribution in [0.5, 0.6) is 0 Å². The van der Waals surface area contributed by atoms with Gasteiger partial charge in [-0.3, -0.25) is 0 Å². The molecule has 0 aromatic carbocycles. The molecule has 0 spiro atoms. The van der Waals surface area contributed by atoms with Gasteiger partial charge in [0.1, 0.15) is 6.54 Å². The van der Waals surface area contributed by atoms with Crippen LogP contribution in [0.25, 0.3) is 0 Å². The maximum atomic E-state index is 10.0. The fourth-order valence-corrected chi connectivity index (χ4v) is 0.189. The molecule has 0 saturated carbocycles. The highest BCUT2D eigenvalue weighted by Gasteiger charge is 2.01. The molecule has 0 fully saturated rings. The highest BCUT2D eigenvalue weighted by molar-refractivity contribution is 5.76. The van der Waals surface area contributed by atoms with Gasteiger partial charge in [0.05, 0.1) is 0 Å². The number of hydrogen-bond acceptors (Lipinski definition) is 4. The van der Waals surface area contributed by atoms with Crippen molar-refractivity contribution in [3.8, 4) is 0 Å². The van der Waals surface area contributed by atoms with Gasteiger partial charge in [0.2, 0.25) is 0 Å². The zero-order chi connectivity index (χ0) is 7.28. The van der Waals surface area contributed by atoms with E-state index >= 15 is 0 Å². The number of rotatable bonds is 2. The topological polar surface area (TPSA) is 102 Å². The van der Waals surface area contributed by atoms with E-state index in [0.29, 0.717) is 0 Å². The Bertz CT molecular complexity index is 123. The van der Waals surface area contributed by atoms with Crippen LogP contribution in [0.15, 0.2) is 0 Å². The number of hydrogen-bond donors (Lipinski definition) is 3. The third-order valence-corrected chi connectivity index (χ3v) is 0.515. The lowest BCUT2D eigenvalue weighted by atomic mass is 10.7. The van der Waals surface area contributed by atoms with E-state index in [9.17, 15) is 9.59 Å². The molecule has 4 N–H and O–H groups in total. The van der Waals surface area contributed by atoms with Gasteiger partial charge in [0.15, 0.2) is 0 Å². The summed E-state index contributed by atoms with van der Waals surface area (Å²) in [6, 6.07) is 0. The van der Waals surface area contributed by atoms with Crippen LogP contribution in [0.4, 0.5) is 4.79 Å². The molecule has 0 rings (SSSR count). The minimum absolute atomic E-state index is 0.425. The van der Waals surface area contributed by atoms with E-state index in [4.69, 9.17) is 5.11 Å². The second-order valence-electron chi connectivity index (χ2n) is 1.15. The van der Waals surface area contributed by atoms with E-state index in [1.807, 2.05) is 0 Å². The lowest BCUT2D eigenvalue weighted by Crippen LogP contribution is -2.30. The van der Waals surface area contributed by atoms with Crippen LogP contribution in [-0.4, -0.2) is 23.7 Å². The second-order valence-corrected chi connectivity index (χ2v) is 1.15. The molecule has 0 heterocycles. The summed E-state index contributed by atoms with van der Waals surface area (Å²) >= 11 is 0. The summed E-state index contributed by atoms with van der Waals surface area (Å²) in [7, 11) is 0. The largest absolute Gasteiger partial charge is 0.465 e. The van der Waals surface area contributed by atoms with Crippen molar-refractivity contribution in [1.82, 2.24) is 5.32 Å². The zero-order valence-electron chi connectivity index (χ0n) is 4.46. The van der Waals surface area contributed by atoms with Gasteiger partial charge in [-0.15, -0.1) is 0 Å². The third kappa shape index (κ3) is 4.56. The predicted molar refractivity (Wildman–Crippen MR) is 26.3 cm³/mol. The van der Waals surface area contributed by atoms with Crippen LogP contribution in [-0.2, 0) is 9.63 Å². The van der Waals surface area contributed by atoms with Gasteiger partial charge >= 0.3 is 12.1 Å². The van der Waals surface area contributed by atoms with Crippen LogP contribution in [0.3, 0.4) is 0 Å². The van der Waals surface area contributed by atoms with Gasteiger partial charge in [-0.05, 0) is 0 Å². The summed E-state index contributed by atoms with van der Waals surface area (Å²) < 4.78 is 0. The molecule has 0 aromatic rings. The molecule has 0 aliphatic carbocycles. The smallest absolute Gasteiger partial charge is 0.405 e. The molecule has 0 bridgehead atoms. The Morgan fingerprint density at radius 1 is 1.67 bits per heavy atom. The van der Waals surface area contributed by atoms with E-state index in [0.717, 1.165) is 0 Å². The van der Waals surface area contributed by atoms with Crippen LogP contribution < -0.4 is 11.2 Å². The average Bonchev–Trinajstić information content (AvgIpc) is 1.83. The molecule has 0 aliphatic rings. The fourth-order valence-electron chi connectivity index (χ4n) is 0.189. The molecule has 9 heavy (non-hydrogen) atoms. The molecule has 6 nitrogen and oxygen atoms in total. The Labute approximate surface area is 50.5 Å². The number of nitrogens with one attached hydrogen (secondary N) is 1. The summed E-state index contributed by atoms with van der Waals surface area (Å²) in [5.41, 5.74) is 0. The fraction of sp³-hybridized carbons (Fsp3) is 0.333. The summed E-state index contributed by atoms with van der Waals surface area (Å²) in [4.78, 5) is 23.3. The first-order valence-corrected chi connectivity index (χ1v) is 2.03. The predicted octanol–water partition coefficient (Wildman–Crippen LogP) is -1.33. The Balaban J connectivity index is 3.28. The molecule has 6 heteroatoms. The molecule has 0 saturated heterocycles. The highest BCUT2D eigenvalue weighted by Crippen LogP contribution is 1.65. The van der Waals surface area contributed by atoms with Crippen molar-refractivity contribution >= 4 is 12.1 Å². The Kier molecular flexibility index (Phi) is 3.14. The standard InChI is InChI=1S/C3H6N2O4/c4-9-2(6)1-5-3(7)8/h5H,1,4H2,(H,7,8). The Morgan fingerprint density at radius 2 is 2.22 bits per heavy atom. The lowest BCUT2D eigenvalue weighted by molar-refractivity contribution is -0.142. The molecule has 0 aromatic heterocycles. The van der Waals surface area contributed by atoms with Crippen molar-refractivity contribution < 1.29 is 19.5 Å². The number of carbonyl (C=O) groups is 2. The van der Waals surface area contributed by atoms with Gasteiger partial charge in [0, 0.05) is 0 Å². The minimum Gasteiger partial charge on any atom is -0.465 e. The normalized spacial score (nSPS) is 8.11. The Morgan fingerprint density at radius 3 is 2.56 bits per heavy atom. The highest BCUT2D eigenvalue weighted by atomic mass is 16.7. The Hall–Kier alpha value is -1.30. The quantitative estimate of drug-likeness (QED) is 0.406. The van der Waals surface area contributed by atoms with Crippen LogP contribution in [0.2, 0.25) is 0 Å². The summed E-state index contributed by atoms with van der Waals surface area (Å²) in [5.74, 6) is 3.55. The van der Waals surface area contributed by atoms with E-state index in [1.54, 1.807) is 5.32 Å². The van der Waals surface area contributed by atoms with Crippen molar-refractivity contribution in [2.45, 2.75) is 0 Å². The van der Waals surface area contributed by atoms with Gasteiger partial charge in [0.25, 0.3) is 0 Å². The monoisotopic (exact) mass is 134 g/mol. The zero-order valence-corrected chi connectivity index (χ0v) is 4.46. The summed E-state index contributed by atoms with van der Waals surface area (Å²) in [5, 5.41) is 9.66. The minimum atomic E-state index is -1.29. The SMILES string of the molecule is NOC(=O)CNC(=O)O. The average molecular weight is 134 g/mol. The van der Waals surface area contributed by atoms with E-state index in [1.165, 1.54) is 0 Å². The number of amides is 1. The molecular formula is C3H6N2O4. The molecule has 0 radical (unpaired) electrons. The van der Waals surface area contributed by atoms with Gasteiger partial charge in [-0.1, -0.05) is 0 Å². The van der Waals surface area contributed by atoms with Crippen molar-refractivity contribution in [2.75, 3.05) is 6.54 Å². The third-order valence-electron chi connectivity index (χ3n) is 0.515. The van der Waals surface area contributed by atoms with Gasteiger partial charge in [-0.2, -0.15) is 5.90 Å². The molecule has 0 atom stereocenters. The van der Waals surface area contributed by atoms with E-state index in [-0.39, 0.29) is 0 Å². The van der Waals surface area contributed by atoms with Crippen molar-refractivity contribution in [1.29, 1.82) is 0 Å². The van der Waals surface area contributed by atoms with Crippen LogP contribution in [0.1, 0.15) is 0 Å². The number of nitrogens with two attached hydrogens (primary N) is 1. The summed E-state index contributed by atoms with van der Waals surface area (Å²) in [6.07, 6.45) is -1.29. The van der Waals surface area contributed by atoms with Crippen molar-refractivity contribution in [2.24, 2.45) is 5.90 Å². The van der Waals surface area contributed by atoms with Gasteiger partial charge in [-0.25, -0.2) is 9.59 Å². The second kappa shape index (κ2) is 3.67. The van der Waals surface area contributed by atoms with E-state index < -0.39 is 18.6 Å². The first-order valence-electron chi connectivity index (χ1n) is 2.03. The maximum Gasteiger partial charge on any atom is 0.405 e. The van der Waals surface area contributed by atoms with Crippen molar-refractivity contribution in [3.05, 3.63) is 0 Å². The van der Waals surface area contributed by atoms with Gasteiger partial charge < -0.3 is 15.3 Å². The first kappa shape index (κ1) is 7.70. The summed E-state index contributed by atoms with van der Waals surface area (Å²) in [6.45, 7) is -0.425. The molecular weight excluding hydrogens is 128 g/mol. The maximum absolute atomic E-state index is 10.0. The number of carbonyl (C=O) groups excluding carboxylic acids is 1. The lowest BCUT2D eigenvalue weighted by Gasteiger charge is -1.95.